The van der Waals surface area contributed by atoms with Crippen molar-refractivity contribution in [3.63, 3.8) is 0 Å². The van der Waals surface area contributed by atoms with Gasteiger partial charge in [0, 0.05) is 53.1 Å². The minimum atomic E-state index is 1.15. The summed E-state index contributed by atoms with van der Waals surface area (Å²) in [5.41, 5.74) is 14.5. The van der Waals surface area contributed by atoms with Crippen molar-refractivity contribution >= 4 is 75.1 Å². The Bertz CT molecular complexity index is 3490. The molecule has 0 aliphatic carbocycles. The molecule has 9 aromatic carbocycles. The number of nitrogens with zero attached hydrogens (tertiary/aromatic N) is 2. The summed E-state index contributed by atoms with van der Waals surface area (Å²) in [5, 5.41) is 7.75. The monoisotopic (exact) mass is 742 g/mol. The summed E-state index contributed by atoms with van der Waals surface area (Å²) in [6, 6.07) is 75.5. The topological polar surface area (TPSA) is 9.86 Å². The lowest BCUT2D eigenvalue weighted by Crippen LogP contribution is -1.95. The van der Waals surface area contributed by atoms with Crippen LogP contribution in [0.1, 0.15) is 0 Å². The fourth-order valence-electron chi connectivity index (χ4n) is 9.15. The van der Waals surface area contributed by atoms with Crippen molar-refractivity contribution in [2.45, 2.75) is 0 Å². The first-order valence-corrected chi connectivity index (χ1v) is 20.3. The molecular formula is C54H34N2S. The zero-order chi connectivity index (χ0) is 37.5. The van der Waals surface area contributed by atoms with Crippen LogP contribution in [0.4, 0.5) is 0 Å². The number of thiophene rings is 1. The van der Waals surface area contributed by atoms with Gasteiger partial charge in [0.15, 0.2) is 0 Å². The molecule has 0 amide bonds. The second-order valence-electron chi connectivity index (χ2n) is 14.9. The summed E-state index contributed by atoms with van der Waals surface area (Å²) in [4.78, 5) is 0. The third kappa shape index (κ3) is 4.96. The minimum Gasteiger partial charge on any atom is -0.309 e. The van der Waals surface area contributed by atoms with Gasteiger partial charge >= 0.3 is 0 Å². The molecule has 3 heteroatoms. The van der Waals surface area contributed by atoms with Gasteiger partial charge in [-0.3, -0.25) is 0 Å². The van der Waals surface area contributed by atoms with Crippen molar-refractivity contribution in [3.05, 3.63) is 206 Å². The molecular weight excluding hydrogens is 709 g/mol. The first-order chi connectivity index (χ1) is 28.3. The van der Waals surface area contributed by atoms with Crippen LogP contribution in [-0.4, -0.2) is 9.13 Å². The smallest absolute Gasteiger partial charge is 0.0548 e. The molecule has 0 fully saturated rings. The Hall–Kier alpha value is -7.20. The van der Waals surface area contributed by atoms with Crippen molar-refractivity contribution in [3.8, 4) is 44.8 Å². The highest BCUT2D eigenvalue weighted by Gasteiger charge is 2.21. The number of hydrogen-bond acceptors (Lipinski definition) is 1. The standard InChI is InChI=1S/C54H34N2S/c1-2-12-35(13-3-1)39-14-10-15-41(34-39)56-48-22-8-5-18-46(48)53-50(56)33-32-49-52(53)45-17-4-7-21-47(45)55(49)40-30-28-37(29-31-40)36-24-26-38(27-25-36)42-19-11-20-44-43-16-6-9-23-51(43)57-54(42)44/h1-34H. The SMILES string of the molecule is c1ccc(-c2cccc(-n3c4ccccc4c4c5c6ccccc6n(-c6ccc(-c7ccc(-c8cccc9c8sc8ccccc89)cc7)cc6)c5ccc43)c2)cc1. The highest BCUT2D eigenvalue weighted by Crippen LogP contribution is 2.43. The van der Waals surface area contributed by atoms with Crippen molar-refractivity contribution in [1.82, 2.24) is 9.13 Å². The van der Waals surface area contributed by atoms with Crippen molar-refractivity contribution < 1.29 is 0 Å². The molecule has 0 radical (unpaired) electrons. The van der Waals surface area contributed by atoms with Gasteiger partial charge < -0.3 is 9.13 Å². The summed E-state index contributed by atoms with van der Waals surface area (Å²) in [7, 11) is 0. The molecule has 12 aromatic rings. The van der Waals surface area contributed by atoms with E-state index in [1.54, 1.807) is 0 Å². The van der Waals surface area contributed by atoms with Gasteiger partial charge in [-0.25, -0.2) is 0 Å². The summed E-state index contributed by atoms with van der Waals surface area (Å²) in [6.07, 6.45) is 0. The first-order valence-electron chi connectivity index (χ1n) is 19.5. The number of aromatic nitrogens is 2. The summed E-state index contributed by atoms with van der Waals surface area (Å²) >= 11 is 1.88. The van der Waals surface area contributed by atoms with Crippen LogP contribution in [0, 0.1) is 0 Å². The van der Waals surface area contributed by atoms with Crippen LogP contribution in [0.15, 0.2) is 206 Å². The van der Waals surface area contributed by atoms with Crippen molar-refractivity contribution in [2.75, 3.05) is 0 Å². The van der Waals surface area contributed by atoms with E-state index in [4.69, 9.17) is 0 Å². The fourth-order valence-corrected chi connectivity index (χ4v) is 10.4. The van der Waals surface area contributed by atoms with E-state index in [9.17, 15) is 0 Å². The summed E-state index contributed by atoms with van der Waals surface area (Å²) in [5.74, 6) is 0. The molecule has 0 aliphatic heterocycles. The van der Waals surface area contributed by atoms with Gasteiger partial charge in [0.1, 0.15) is 0 Å². The van der Waals surface area contributed by atoms with E-state index in [0.29, 0.717) is 0 Å². The van der Waals surface area contributed by atoms with Gasteiger partial charge in [-0.15, -0.1) is 11.3 Å². The molecule has 0 spiro atoms. The normalized spacial score (nSPS) is 11.9. The van der Waals surface area contributed by atoms with Gasteiger partial charge in [0.05, 0.1) is 22.1 Å². The average molecular weight is 743 g/mol. The van der Waals surface area contributed by atoms with Crippen LogP contribution in [0.2, 0.25) is 0 Å². The second-order valence-corrected chi connectivity index (χ2v) is 15.9. The second kappa shape index (κ2) is 12.7. The molecule has 2 nitrogen and oxygen atoms in total. The minimum absolute atomic E-state index is 1.15. The summed E-state index contributed by atoms with van der Waals surface area (Å²) < 4.78 is 7.55. The Morgan fingerprint density at radius 1 is 0.298 bits per heavy atom. The molecule has 3 aromatic heterocycles. The van der Waals surface area contributed by atoms with Crippen molar-refractivity contribution in [1.29, 1.82) is 0 Å². The molecule has 266 valence electrons. The maximum Gasteiger partial charge on any atom is 0.0548 e. The van der Waals surface area contributed by atoms with Gasteiger partial charge in [-0.05, 0) is 88.0 Å². The van der Waals surface area contributed by atoms with E-state index in [-0.39, 0.29) is 0 Å². The van der Waals surface area contributed by atoms with Crippen LogP contribution in [0.3, 0.4) is 0 Å². The molecule has 0 unspecified atom stereocenters. The Kier molecular flexibility index (Phi) is 7.13. The highest BCUT2D eigenvalue weighted by atomic mass is 32.1. The molecule has 0 saturated carbocycles. The number of rotatable bonds is 5. The predicted molar refractivity (Wildman–Crippen MR) is 244 cm³/mol. The zero-order valence-electron chi connectivity index (χ0n) is 30.9. The van der Waals surface area contributed by atoms with Crippen LogP contribution in [-0.2, 0) is 0 Å². The lowest BCUT2D eigenvalue weighted by atomic mass is 9.99. The number of benzene rings is 9. The number of para-hydroxylation sites is 2. The average Bonchev–Trinajstić information content (AvgIpc) is 3.95. The third-order valence-electron chi connectivity index (χ3n) is 11.7. The molecule has 0 aliphatic rings. The molecule has 0 atom stereocenters. The Balaban J connectivity index is 0.967. The van der Waals surface area contributed by atoms with Gasteiger partial charge in [-0.2, -0.15) is 0 Å². The van der Waals surface area contributed by atoms with Crippen LogP contribution in [0.25, 0.3) is 109 Å². The zero-order valence-corrected chi connectivity index (χ0v) is 31.7. The van der Waals surface area contributed by atoms with E-state index in [2.05, 4.69) is 215 Å². The maximum absolute atomic E-state index is 2.44. The van der Waals surface area contributed by atoms with Crippen LogP contribution in [0.5, 0.6) is 0 Å². The number of hydrogen-bond donors (Lipinski definition) is 0. The van der Waals surface area contributed by atoms with Crippen LogP contribution >= 0.6 is 11.3 Å². The molecule has 0 saturated heterocycles. The fraction of sp³-hybridized carbons (Fsp3) is 0. The molecule has 0 bridgehead atoms. The Labute approximate surface area is 333 Å². The maximum atomic E-state index is 2.44. The van der Waals surface area contributed by atoms with E-state index >= 15 is 0 Å². The molecule has 3 heterocycles. The quantitative estimate of drug-likeness (QED) is 0.166. The van der Waals surface area contributed by atoms with Gasteiger partial charge in [0.25, 0.3) is 0 Å². The van der Waals surface area contributed by atoms with Crippen molar-refractivity contribution in [2.24, 2.45) is 0 Å². The predicted octanol–water partition coefficient (Wildman–Crippen LogP) is 15.2. The summed E-state index contributed by atoms with van der Waals surface area (Å²) in [6.45, 7) is 0. The van der Waals surface area contributed by atoms with E-state index < -0.39 is 0 Å². The first kappa shape index (κ1) is 32.1. The molecule has 0 N–H and O–H groups in total. The Morgan fingerprint density at radius 3 is 1.51 bits per heavy atom. The van der Waals surface area contributed by atoms with E-state index in [1.807, 2.05) is 11.3 Å². The van der Waals surface area contributed by atoms with Crippen LogP contribution < -0.4 is 0 Å². The number of fused-ring (bicyclic) bond motifs is 10. The largest absolute Gasteiger partial charge is 0.309 e. The molecule has 12 rings (SSSR count). The lowest BCUT2D eigenvalue weighted by Gasteiger charge is -2.11. The highest BCUT2D eigenvalue weighted by molar-refractivity contribution is 7.26. The third-order valence-corrected chi connectivity index (χ3v) is 13.0. The van der Waals surface area contributed by atoms with Gasteiger partial charge in [-0.1, -0.05) is 152 Å². The Morgan fingerprint density at radius 2 is 0.807 bits per heavy atom. The van der Waals surface area contributed by atoms with E-state index in [1.165, 1.54) is 97.2 Å². The molecule has 57 heavy (non-hydrogen) atoms. The van der Waals surface area contributed by atoms with E-state index in [0.717, 1.165) is 11.4 Å². The lowest BCUT2D eigenvalue weighted by molar-refractivity contribution is 1.17. The van der Waals surface area contributed by atoms with Gasteiger partial charge in [0.2, 0.25) is 0 Å².